The fourth-order valence-corrected chi connectivity index (χ4v) is 3.73. The van der Waals surface area contributed by atoms with E-state index in [4.69, 9.17) is 9.47 Å². The number of nitrogens with one attached hydrogen (secondary N) is 1. The van der Waals surface area contributed by atoms with Gasteiger partial charge < -0.3 is 24.6 Å². The van der Waals surface area contributed by atoms with Crippen LogP contribution in [0.15, 0.2) is 30.7 Å². The van der Waals surface area contributed by atoms with E-state index >= 15 is 0 Å². The van der Waals surface area contributed by atoms with E-state index in [-0.39, 0.29) is 17.9 Å². The Morgan fingerprint density at radius 1 is 1.09 bits per heavy atom. The first-order valence-corrected chi connectivity index (χ1v) is 11.6. The van der Waals surface area contributed by atoms with Gasteiger partial charge in [-0.25, -0.2) is 14.8 Å². The largest absolute Gasteiger partial charge is 0.477 e. The van der Waals surface area contributed by atoms with Crippen LogP contribution in [0.25, 0.3) is 5.78 Å². The number of aryl methyl sites for hydroxylation is 1. The van der Waals surface area contributed by atoms with Crippen LogP contribution in [0.4, 0.5) is 16.3 Å². The zero-order valence-corrected chi connectivity index (χ0v) is 20.7. The van der Waals surface area contributed by atoms with Gasteiger partial charge in [0.15, 0.2) is 0 Å². The second-order valence-corrected chi connectivity index (χ2v) is 9.29. The lowest BCUT2D eigenvalue weighted by atomic mass is 10.2. The molecule has 4 rings (SSSR count). The smallest absolute Gasteiger partial charge is 0.410 e. The van der Waals surface area contributed by atoms with Gasteiger partial charge >= 0.3 is 6.09 Å². The number of hydrogen-bond acceptors (Lipinski definition) is 8. The fraction of sp³-hybridized carbons (Fsp3) is 0.458. The van der Waals surface area contributed by atoms with E-state index in [0.29, 0.717) is 49.9 Å². The Bertz CT molecular complexity index is 1210. The third-order valence-corrected chi connectivity index (χ3v) is 5.35. The molecule has 0 unspecified atom stereocenters. The Hall–Kier alpha value is -3.89. The van der Waals surface area contributed by atoms with Gasteiger partial charge in [0, 0.05) is 38.6 Å². The maximum atomic E-state index is 13.0. The summed E-state index contributed by atoms with van der Waals surface area (Å²) in [5.41, 5.74) is 1.49. The molecule has 1 aliphatic heterocycles. The number of ether oxygens (including phenoxy) is 2. The average molecular weight is 482 g/mol. The van der Waals surface area contributed by atoms with E-state index in [9.17, 15) is 9.59 Å². The van der Waals surface area contributed by atoms with E-state index in [0.717, 1.165) is 11.4 Å². The van der Waals surface area contributed by atoms with Gasteiger partial charge in [0.1, 0.15) is 17.0 Å². The number of carbonyl (C=O) groups excluding carboxylic acids is 2. The van der Waals surface area contributed by atoms with Crippen molar-refractivity contribution < 1.29 is 19.1 Å². The molecule has 0 spiro atoms. The third-order valence-electron chi connectivity index (χ3n) is 5.35. The molecule has 1 fully saturated rings. The van der Waals surface area contributed by atoms with E-state index in [2.05, 4.69) is 25.2 Å². The van der Waals surface area contributed by atoms with Crippen molar-refractivity contribution in [3.8, 4) is 5.88 Å². The predicted molar refractivity (Wildman–Crippen MR) is 131 cm³/mol. The molecule has 186 valence electrons. The minimum absolute atomic E-state index is 0.225. The SMILES string of the molecule is CCOc1nc2nc(C)cn2cc1C(=O)Nc1ccc(N2CCN(C(=O)OC(C)(C)C)CC2)cn1. The number of aromatic nitrogens is 4. The highest BCUT2D eigenvalue weighted by atomic mass is 16.6. The van der Waals surface area contributed by atoms with E-state index < -0.39 is 5.60 Å². The van der Waals surface area contributed by atoms with Crippen LogP contribution < -0.4 is 15.0 Å². The Labute approximate surface area is 204 Å². The average Bonchev–Trinajstić information content (AvgIpc) is 3.17. The van der Waals surface area contributed by atoms with Crippen LogP contribution >= 0.6 is 0 Å². The molecule has 1 saturated heterocycles. The first-order chi connectivity index (χ1) is 16.6. The van der Waals surface area contributed by atoms with Crippen molar-refractivity contribution in [1.82, 2.24) is 24.3 Å². The first-order valence-electron chi connectivity index (χ1n) is 11.6. The minimum Gasteiger partial charge on any atom is -0.477 e. The van der Waals surface area contributed by atoms with Crippen LogP contribution in [-0.4, -0.2) is 74.6 Å². The lowest BCUT2D eigenvalue weighted by Crippen LogP contribution is -2.50. The van der Waals surface area contributed by atoms with E-state index in [1.54, 1.807) is 34.0 Å². The van der Waals surface area contributed by atoms with Gasteiger partial charge in [-0.2, -0.15) is 4.98 Å². The Kier molecular flexibility index (Phi) is 6.77. The molecule has 35 heavy (non-hydrogen) atoms. The van der Waals surface area contributed by atoms with Crippen molar-refractivity contribution >= 4 is 29.3 Å². The maximum Gasteiger partial charge on any atom is 0.410 e. The molecular weight excluding hydrogens is 450 g/mol. The predicted octanol–water partition coefficient (Wildman–Crippen LogP) is 3.14. The zero-order chi connectivity index (χ0) is 25.2. The highest BCUT2D eigenvalue weighted by Gasteiger charge is 2.26. The standard InChI is InChI=1S/C24H31N7O4/c1-6-34-21-18(15-31-14-16(2)26-22(31)28-21)20(32)27-19-8-7-17(13-25-19)29-9-11-30(12-10-29)23(33)35-24(3,4)5/h7-8,13-15H,6,9-12H2,1-5H3,(H,25,27,32). The topological polar surface area (TPSA) is 114 Å². The van der Waals surface area contributed by atoms with Gasteiger partial charge in [-0.15, -0.1) is 0 Å². The number of pyridine rings is 1. The molecule has 1 N–H and O–H groups in total. The lowest BCUT2D eigenvalue weighted by molar-refractivity contribution is 0.0240. The third kappa shape index (κ3) is 5.79. The summed E-state index contributed by atoms with van der Waals surface area (Å²) in [5.74, 6) is 0.732. The molecule has 11 nitrogen and oxygen atoms in total. The summed E-state index contributed by atoms with van der Waals surface area (Å²) < 4.78 is 12.7. The molecule has 1 aliphatic rings. The van der Waals surface area contributed by atoms with Gasteiger partial charge in [-0.3, -0.25) is 9.20 Å². The summed E-state index contributed by atoms with van der Waals surface area (Å²) in [6.07, 6.45) is 4.87. The normalized spacial score (nSPS) is 14.2. The lowest BCUT2D eigenvalue weighted by Gasteiger charge is -2.36. The number of imidazole rings is 1. The molecule has 4 heterocycles. The Morgan fingerprint density at radius 2 is 1.83 bits per heavy atom. The van der Waals surface area contributed by atoms with Crippen molar-refractivity contribution in [2.45, 2.75) is 40.2 Å². The van der Waals surface area contributed by atoms with Gasteiger partial charge in [0.2, 0.25) is 11.7 Å². The molecule has 0 aliphatic carbocycles. The molecular formula is C24H31N7O4. The summed E-state index contributed by atoms with van der Waals surface area (Å²) >= 11 is 0. The zero-order valence-electron chi connectivity index (χ0n) is 20.7. The molecule has 0 saturated carbocycles. The van der Waals surface area contributed by atoms with Gasteiger partial charge in [-0.05, 0) is 46.8 Å². The van der Waals surface area contributed by atoms with Crippen molar-refractivity contribution in [3.05, 3.63) is 42.0 Å². The summed E-state index contributed by atoms with van der Waals surface area (Å²) in [4.78, 5) is 42.2. The summed E-state index contributed by atoms with van der Waals surface area (Å²) in [6.45, 7) is 12.1. The van der Waals surface area contributed by atoms with Gasteiger partial charge in [0.25, 0.3) is 5.91 Å². The van der Waals surface area contributed by atoms with Crippen molar-refractivity contribution in [2.75, 3.05) is 43.0 Å². The minimum atomic E-state index is -0.513. The second-order valence-electron chi connectivity index (χ2n) is 9.29. The number of fused-ring (bicyclic) bond motifs is 1. The second kappa shape index (κ2) is 9.77. The quantitative estimate of drug-likeness (QED) is 0.591. The Balaban J connectivity index is 1.40. The van der Waals surface area contributed by atoms with Crippen molar-refractivity contribution in [1.29, 1.82) is 0 Å². The van der Waals surface area contributed by atoms with Crippen LogP contribution in [0.1, 0.15) is 43.7 Å². The molecule has 0 atom stereocenters. The Morgan fingerprint density at radius 3 is 2.46 bits per heavy atom. The number of amides is 2. The number of hydrogen-bond donors (Lipinski definition) is 1. The van der Waals surface area contributed by atoms with E-state index in [1.807, 2.05) is 40.7 Å². The summed E-state index contributed by atoms with van der Waals surface area (Å²) in [7, 11) is 0. The number of anilines is 2. The van der Waals surface area contributed by atoms with E-state index in [1.165, 1.54) is 0 Å². The highest BCUT2D eigenvalue weighted by molar-refractivity contribution is 6.05. The summed E-state index contributed by atoms with van der Waals surface area (Å²) in [5, 5.41) is 2.81. The molecule has 11 heteroatoms. The molecule has 0 aromatic carbocycles. The fourth-order valence-electron chi connectivity index (χ4n) is 3.73. The first kappa shape index (κ1) is 24.2. The van der Waals surface area contributed by atoms with Crippen LogP contribution in [-0.2, 0) is 4.74 Å². The number of carbonyl (C=O) groups is 2. The van der Waals surface area contributed by atoms with Crippen molar-refractivity contribution in [3.63, 3.8) is 0 Å². The molecule has 0 radical (unpaired) electrons. The van der Waals surface area contributed by atoms with Crippen molar-refractivity contribution in [2.24, 2.45) is 0 Å². The molecule has 3 aromatic heterocycles. The highest BCUT2D eigenvalue weighted by Crippen LogP contribution is 2.21. The molecule has 2 amide bonds. The maximum absolute atomic E-state index is 13.0. The molecule has 3 aromatic rings. The molecule has 0 bridgehead atoms. The van der Waals surface area contributed by atoms with Crippen LogP contribution in [0, 0.1) is 6.92 Å². The van der Waals surface area contributed by atoms with Crippen LogP contribution in [0.5, 0.6) is 5.88 Å². The monoisotopic (exact) mass is 481 g/mol. The van der Waals surface area contributed by atoms with Crippen LogP contribution in [0.3, 0.4) is 0 Å². The number of nitrogens with zero attached hydrogens (tertiary/aromatic N) is 6. The van der Waals surface area contributed by atoms with Crippen LogP contribution in [0.2, 0.25) is 0 Å². The van der Waals surface area contributed by atoms with Gasteiger partial charge in [0.05, 0.1) is 24.2 Å². The van der Waals surface area contributed by atoms with Gasteiger partial charge in [-0.1, -0.05) is 0 Å². The summed E-state index contributed by atoms with van der Waals surface area (Å²) in [6, 6.07) is 3.65. The number of rotatable bonds is 5. The number of piperazine rings is 1.